The number of carbonyl (C=O) groups is 1. The summed E-state index contributed by atoms with van der Waals surface area (Å²) in [5.74, 6) is -1.21. The van der Waals surface area contributed by atoms with E-state index < -0.39 is 24.1 Å². The average Bonchev–Trinajstić information content (AvgIpc) is 2.97. The molecular weight excluding hydrogens is 335 g/mol. The Bertz CT molecular complexity index is 924. The molecule has 1 N–H and O–H groups in total. The van der Waals surface area contributed by atoms with Crippen LogP contribution in [0.2, 0.25) is 0 Å². The van der Waals surface area contributed by atoms with Gasteiger partial charge in [0.05, 0.1) is 12.0 Å². The molecule has 0 aliphatic rings. The van der Waals surface area contributed by atoms with Crippen molar-refractivity contribution in [3.05, 3.63) is 65.5 Å². The predicted molar refractivity (Wildman–Crippen MR) is 85.6 cm³/mol. The number of aromatic nitrogens is 1. The number of para-hydroxylation sites is 2. The Kier molecular flexibility index (Phi) is 4.31. The Balaban J connectivity index is 2.13. The van der Waals surface area contributed by atoms with Crippen molar-refractivity contribution >= 4 is 28.7 Å². The van der Waals surface area contributed by atoms with Gasteiger partial charge >= 0.3 is 12.1 Å². The van der Waals surface area contributed by atoms with E-state index in [9.17, 15) is 18.0 Å². The van der Waals surface area contributed by atoms with E-state index in [4.69, 9.17) is 9.52 Å². The van der Waals surface area contributed by atoms with Crippen LogP contribution in [0.1, 0.15) is 23.4 Å². The number of fused-ring (bicyclic) bond motifs is 1. The molecular formula is C18H12F3NO3. The van der Waals surface area contributed by atoms with Crippen LogP contribution in [0.4, 0.5) is 13.2 Å². The van der Waals surface area contributed by atoms with Gasteiger partial charge in [-0.1, -0.05) is 30.3 Å². The van der Waals surface area contributed by atoms with E-state index in [1.807, 2.05) is 0 Å². The lowest BCUT2D eigenvalue weighted by Gasteiger charge is -2.10. The fraction of sp³-hybridized carbons (Fsp3) is 0.111. The Morgan fingerprint density at radius 2 is 1.80 bits per heavy atom. The fourth-order valence-corrected chi connectivity index (χ4v) is 2.43. The topological polar surface area (TPSA) is 63.3 Å². The molecule has 0 radical (unpaired) electrons. The molecule has 1 aromatic heterocycles. The molecule has 25 heavy (non-hydrogen) atoms. The second kappa shape index (κ2) is 6.43. The van der Waals surface area contributed by atoms with Gasteiger partial charge in [0.2, 0.25) is 5.89 Å². The molecule has 0 fully saturated rings. The highest BCUT2D eigenvalue weighted by Gasteiger charge is 2.32. The molecule has 4 nitrogen and oxygen atoms in total. The first-order chi connectivity index (χ1) is 11.8. The molecule has 0 saturated carbocycles. The number of nitrogens with zero attached hydrogens (tertiary/aromatic N) is 1. The Morgan fingerprint density at radius 1 is 1.12 bits per heavy atom. The van der Waals surface area contributed by atoms with E-state index in [0.717, 1.165) is 12.1 Å². The molecule has 0 amide bonds. The number of hydrogen-bond donors (Lipinski definition) is 1. The van der Waals surface area contributed by atoms with Crippen LogP contribution < -0.4 is 0 Å². The summed E-state index contributed by atoms with van der Waals surface area (Å²) in [5, 5.41) is 9.09. The minimum Gasteiger partial charge on any atom is -0.481 e. The van der Waals surface area contributed by atoms with Crippen LogP contribution in [-0.4, -0.2) is 16.1 Å². The maximum absolute atomic E-state index is 13.1. The molecule has 0 aliphatic carbocycles. The molecule has 7 heteroatoms. The summed E-state index contributed by atoms with van der Waals surface area (Å²) in [6, 6.07) is 11.7. The van der Waals surface area contributed by atoms with Crippen molar-refractivity contribution < 1.29 is 27.5 Å². The van der Waals surface area contributed by atoms with E-state index in [0.29, 0.717) is 11.1 Å². The number of carboxylic acid groups (broad SMARTS) is 1. The largest absolute Gasteiger partial charge is 0.481 e. The summed E-state index contributed by atoms with van der Waals surface area (Å²) >= 11 is 0. The van der Waals surface area contributed by atoms with Crippen LogP contribution in [0, 0.1) is 0 Å². The van der Waals surface area contributed by atoms with E-state index in [-0.39, 0.29) is 17.0 Å². The Hall–Kier alpha value is -3.09. The highest BCUT2D eigenvalue weighted by molar-refractivity contribution is 5.91. The number of rotatable bonds is 4. The smallest absolute Gasteiger partial charge is 0.416 e. The van der Waals surface area contributed by atoms with E-state index in [1.165, 1.54) is 18.2 Å². The molecule has 3 aromatic rings. The first-order valence-electron chi connectivity index (χ1n) is 7.29. The summed E-state index contributed by atoms with van der Waals surface area (Å²) in [4.78, 5) is 15.3. The van der Waals surface area contributed by atoms with Crippen LogP contribution in [0.25, 0.3) is 22.7 Å². The number of alkyl halides is 3. The van der Waals surface area contributed by atoms with E-state index >= 15 is 0 Å². The summed E-state index contributed by atoms with van der Waals surface area (Å²) in [5.41, 5.74) is -0.0151. The van der Waals surface area contributed by atoms with Gasteiger partial charge in [0.15, 0.2) is 5.58 Å². The van der Waals surface area contributed by atoms with Crippen LogP contribution >= 0.6 is 0 Å². The van der Waals surface area contributed by atoms with Gasteiger partial charge in [-0.15, -0.1) is 0 Å². The number of hydrogen-bond acceptors (Lipinski definition) is 3. The molecule has 0 aliphatic heterocycles. The van der Waals surface area contributed by atoms with Gasteiger partial charge in [0.1, 0.15) is 5.52 Å². The summed E-state index contributed by atoms with van der Waals surface area (Å²) in [7, 11) is 0. The van der Waals surface area contributed by atoms with Crippen LogP contribution in [0.15, 0.2) is 52.9 Å². The quantitative estimate of drug-likeness (QED) is 0.732. The Morgan fingerprint density at radius 3 is 2.48 bits per heavy atom. The highest BCUT2D eigenvalue weighted by Crippen LogP contribution is 2.34. The number of oxazole rings is 1. The first kappa shape index (κ1) is 16.8. The van der Waals surface area contributed by atoms with Crippen LogP contribution in [-0.2, 0) is 11.0 Å². The van der Waals surface area contributed by atoms with Gasteiger partial charge < -0.3 is 9.52 Å². The Labute approximate surface area is 140 Å². The van der Waals surface area contributed by atoms with Crippen molar-refractivity contribution in [2.75, 3.05) is 0 Å². The zero-order valence-electron chi connectivity index (χ0n) is 12.7. The summed E-state index contributed by atoms with van der Waals surface area (Å²) in [6.07, 6.45) is -3.91. The highest BCUT2D eigenvalue weighted by atomic mass is 19.4. The number of aliphatic carboxylic acids is 1. The fourth-order valence-electron chi connectivity index (χ4n) is 2.43. The van der Waals surface area contributed by atoms with E-state index in [2.05, 4.69) is 4.98 Å². The third kappa shape index (κ3) is 3.71. The number of benzene rings is 2. The lowest BCUT2D eigenvalue weighted by Crippen LogP contribution is -2.07. The molecule has 0 atom stereocenters. The van der Waals surface area contributed by atoms with Crippen molar-refractivity contribution in [1.29, 1.82) is 0 Å². The number of carboxylic acids is 1. The average molecular weight is 347 g/mol. The maximum Gasteiger partial charge on any atom is 0.416 e. The van der Waals surface area contributed by atoms with Crippen molar-refractivity contribution in [2.45, 2.75) is 12.6 Å². The molecule has 3 rings (SSSR count). The second-order valence-electron chi connectivity index (χ2n) is 5.31. The lowest BCUT2D eigenvalue weighted by atomic mass is 10.0. The van der Waals surface area contributed by atoms with E-state index in [1.54, 1.807) is 24.3 Å². The number of halogens is 3. The molecule has 0 saturated heterocycles. The standard InChI is InChI=1S/C18H12F3NO3/c19-18(20,21)13-6-2-1-5-11(13)9-12(10-16(23)24)17-22-14-7-3-4-8-15(14)25-17/h1-9H,10H2,(H,23,24)/b12-9+. The van der Waals surface area contributed by atoms with Gasteiger partial charge in [-0.25, -0.2) is 4.98 Å². The van der Waals surface area contributed by atoms with Gasteiger partial charge in [0.25, 0.3) is 0 Å². The summed E-state index contributed by atoms with van der Waals surface area (Å²) < 4.78 is 44.9. The van der Waals surface area contributed by atoms with Gasteiger partial charge in [0, 0.05) is 5.57 Å². The summed E-state index contributed by atoms with van der Waals surface area (Å²) in [6.45, 7) is 0. The second-order valence-corrected chi connectivity index (χ2v) is 5.31. The molecule has 0 bridgehead atoms. The molecule has 0 unspecified atom stereocenters. The molecule has 0 spiro atoms. The van der Waals surface area contributed by atoms with Crippen molar-refractivity contribution in [2.24, 2.45) is 0 Å². The molecule has 128 valence electrons. The van der Waals surface area contributed by atoms with Gasteiger partial charge in [-0.05, 0) is 29.8 Å². The molecule has 1 heterocycles. The molecule has 2 aromatic carbocycles. The van der Waals surface area contributed by atoms with Gasteiger partial charge in [-0.3, -0.25) is 4.79 Å². The minimum absolute atomic E-state index is 0.0134. The normalized spacial score (nSPS) is 12.5. The minimum atomic E-state index is -4.55. The SMILES string of the molecule is O=C(O)C/C(=C\c1ccccc1C(F)(F)F)c1nc2ccccc2o1. The van der Waals surface area contributed by atoms with Crippen molar-refractivity contribution in [1.82, 2.24) is 4.98 Å². The first-order valence-corrected chi connectivity index (χ1v) is 7.29. The zero-order valence-corrected chi connectivity index (χ0v) is 12.7. The van der Waals surface area contributed by atoms with Gasteiger partial charge in [-0.2, -0.15) is 13.2 Å². The predicted octanol–water partition coefficient (Wildman–Crippen LogP) is 4.86. The van der Waals surface area contributed by atoms with Crippen LogP contribution in [0.5, 0.6) is 0 Å². The lowest BCUT2D eigenvalue weighted by molar-refractivity contribution is -0.138. The van der Waals surface area contributed by atoms with Crippen LogP contribution in [0.3, 0.4) is 0 Å². The monoisotopic (exact) mass is 347 g/mol. The van der Waals surface area contributed by atoms with Crippen molar-refractivity contribution in [3.63, 3.8) is 0 Å². The third-order valence-electron chi connectivity index (χ3n) is 3.51. The van der Waals surface area contributed by atoms with Crippen molar-refractivity contribution in [3.8, 4) is 0 Å². The third-order valence-corrected chi connectivity index (χ3v) is 3.51. The maximum atomic E-state index is 13.1. The zero-order chi connectivity index (χ0) is 18.0.